The molecule has 3 aromatic carbocycles. The summed E-state index contributed by atoms with van der Waals surface area (Å²) in [5, 5.41) is 3.14. The third-order valence-corrected chi connectivity index (χ3v) is 5.84. The van der Waals surface area contributed by atoms with Crippen molar-refractivity contribution in [3.8, 4) is 5.75 Å². The van der Waals surface area contributed by atoms with Crippen LogP contribution in [0.1, 0.15) is 12.5 Å². The fourth-order valence-electron chi connectivity index (χ4n) is 2.60. The largest absolute Gasteiger partial charge is 0.481 e. The Balaban J connectivity index is 1.63. The van der Waals surface area contributed by atoms with E-state index >= 15 is 0 Å². The van der Waals surface area contributed by atoms with Gasteiger partial charge in [0.25, 0.3) is 15.9 Å². The molecule has 156 valence electrons. The van der Waals surface area contributed by atoms with Crippen molar-refractivity contribution in [1.82, 2.24) is 0 Å². The molecule has 0 unspecified atom stereocenters. The fourth-order valence-corrected chi connectivity index (χ4v) is 3.84. The second-order valence-corrected chi connectivity index (χ2v) is 8.82. The highest BCUT2D eigenvalue weighted by Gasteiger charge is 2.17. The fraction of sp³-hybridized carbons (Fsp3) is 0.136. The summed E-state index contributed by atoms with van der Waals surface area (Å²) in [6.45, 7) is 3.61. The standard InChI is InChI=1S/C22H21ClN2O4S/c1-15-6-10-20(11-7-15)29-16(2)22(26)24-18-8-12-21(13-9-18)30(27,28)25-19-5-3-4-17(23)14-19/h3-14,16,25H,1-2H3,(H,24,26)/t16-/m0/s1. The van der Waals surface area contributed by atoms with Gasteiger partial charge in [-0.1, -0.05) is 35.4 Å². The number of halogens is 1. The normalized spacial score (nSPS) is 12.1. The Morgan fingerprint density at radius 3 is 2.27 bits per heavy atom. The molecule has 3 rings (SSSR count). The average molecular weight is 445 g/mol. The second-order valence-electron chi connectivity index (χ2n) is 6.70. The van der Waals surface area contributed by atoms with Crippen molar-refractivity contribution >= 4 is 38.9 Å². The van der Waals surface area contributed by atoms with E-state index in [2.05, 4.69) is 10.0 Å². The van der Waals surface area contributed by atoms with Gasteiger partial charge in [-0.2, -0.15) is 0 Å². The van der Waals surface area contributed by atoms with Gasteiger partial charge in [0.1, 0.15) is 5.75 Å². The van der Waals surface area contributed by atoms with E-state index in [1.54, 1.807) is 37.3 Å². The average Bonchev–Trinajstić information content (AvgIpc) is 2.70. The Bertz CT molecular complexity index is 1130. The third-order valence-electron chi connectivity index (χ3n) is 4.21. The molecule has 0 aromatic heterocycles. The van der Waals surface area contributed by atoms with E-state index in [1.807, 2.05) is 19.1 Å². The summed E-state index contributed by atoms with van der Waals surface area (Å²) in [5.74, 6) is 0.250. The Hall–Kier alpha value is -3.03. The molecular weight excluding hydrogens is 424 g/mol. The monoisotopic (exact) mass is 444 g/mol. The third kappa shape index (κ3) is 5.75. The first-order chi connectivity index (χ1) is 14.2. The van der Waals surface area contributed by atoms with Gasteiger partial charge in [-0.05, 0) is 68.4 Å². The summed E-state index contributed by atoms with van der Waals surface area (Å²) in [5.41, 5.74) is 1.92. The van der Waals surface area contributed by atoms with Crippen LogP contribution >= 0.6 is 11.6 Å². The number of hydrogen-bond donors (Lipinski definition) is 2. The van der Waals surface area contributed by atoms with Gasteiger partial charge in [0, 0.05) is 10.7 Å². The molecule has 1 atom stereocenters. The number of amides is 1. The van der Waals surface area contributed by atoms with Gasteiger partial charge in [0.15, 0.2) is 6.10 Å². The second kappa shape index (κ2) is 9.19. The van der Waals surface area contributed by atoms with Crippen molar-refractivity contribution in [1.29, 1.82) is 0 Å². The molecule has 0 spiro atoms. The Morgan fingerprint density at radius 1 is 0.967 bits per heavy atom. The van der Waals surface area contributed by atoms with Crippen LogP contribution < -0.4 is 14.8 Å². The molecule has 3 aromatic rings. The highest BCUT2D eigenvalue weighted by atomic mass is 35.5. The lowest BCUT2D eigenvalue weighted by Gasteiger charge is -2.15. The molecule has 0 saturated heterocycles. The number of sulfonamides is 1. The molecule has 8 heteroatoms. The zero-order valence-corrected chi connectivity index (χ0v) is 18.0. The first-order valence-corrected chi connectivity index (χ1v) is 11.0. The molecule has 1 amide bonds. The SMILES string of the molecule is Cc1ccc(O[C@@H](C)C(=O)Nc2ccc(S(=O)(=O)Nc3cccc(Cl)c3)cc2)cc1. The van der Waals surface area contributed by atoms with E-state index in [1.165, 1.54) is 30.3 Å². The molecule has 0 aliphatic heterocycles. The molecular formula is C22H21ClN2O4S. The van der Waals surface area contributed by atoms with E-state index in [9.17, 15) is 13.2 Å². The number of anilines is 2. The number of hydrogen-bond acceptors (Lipinski definition) is 4. The van der Waals surface area contributed by atoms with Gasteiger partial charge in [-0.15, -0.1) is 0 Å². The molecule has 0 aliphatic carbocycles. The predicted molar refractivity (Wildman–Crippen MR) is 119 cm³/mol. The molecule has 0 radical (unpaired) electrons. The lowest BCUT2D eigenvalue weighted by Crippen LogP contribution is -2.30. The van der Waals surface area contributed by atoms with Crippen LogP contribution in [0.5, 0.6) is 5.75 Å². The van der Waals surface area contributed by atoms with Gasteiger partial charge >= 0.3 is 0 Å². The Morgan fingerprint density at radius 2 is 1.63 bits per heavy atom. The van der Waals surface area contributed by atoms with Gasteiger partial charge < -0.3 is 10.1 Å². The maximum absolute atomic E-state index is 12.5. The molecule has 0 bridgehead atoms. The summed E-state index contributed by atoms with van der Waals surface area (Å²) >= 11 is 5.89. The number of benzene rings is 3. The molecule has 30 heavy (non-hydrogen) atoms. The Kier molecular flexibility index (Phi) is 6.64. The topological polar surface area (TPSA) is 84.5 Å². The maximum Gasteiger partial charge on any atom is 0.265 e. The Labute approximate surface area is 180 Å². The highest BCUT2D eigenvalue weighted by Crippen LogP contribution is 2.21. The predicted octanol–water partition coefficient (Wildman–Crippen LogP) is 4.86. The van der Waals surface area contributed by atoms with Crippen LogP contribution in [-0.4, -0.2) is 20.4 Å². The minimum atomic E-state index is -3.78. The van der Waals surface area contributed by atoms with Crippen molar-refractivity contribution in [3.63, 3.8) is 0 Å². The first kappa shape index (κ1) is 21.7. The van der Waals surface area contributed by atoms with Crippen LogP contribution in [0.3, 0.4) is 0 Å². The number of rotatable bonds is 7. The molecule has 0 aliphatic rings. The summed E-state index contributed by atoms with van der Waals surface area (Å²) in [7, 11) is -3.78. The molecule has 0 fully saturated rings. The van der Waals surface area contributed by atoms with Gasteiger partial charge in [-0.3, -0.25) is 9.52 Å². The van der Waals surface area contributed by atoms with Crippen molar-refractivity contribution in [2.24, 2.45) is 0 Å². The van der Waals surface area contributed by atoms with E-state index < -0.39 is 16.1 Å². The number of ether oxygens (including phenoxy) is 1. The van der Waals surface area contributed by atoms with E-state index in [4.69, 9.17) is 16.3 Å². The van der Waals surface area contributed by atoms with E-state index in [-0.39, 0.29) is 10.8 Å². The van der Waals surface area contributed by atoms with Crippen molar-refractivity contribution in [2.75, 3.05) is 10.0 Å². The quantitative estimate of drug-likeness (QED) is 0.545. The number of carbonyl (C=O) groups is 1. The molecule has 2 N–H and O–H groups in total. The van der Waals surface area contributed by atoms with Crippen molar-refractivity contribution in [2.45, 2.75) is 24.8 Å². The molecule has 0 saturated carbocycles. The van der Waals surface area contributed by atoms with Gasteiger partial charge in [0.05, 0.1) is 10.6 Å². The van der Waals surface area contributed by atoms with Crippen LogP contribution in [-0.2, 0) is 14.8 Å². The lowest BCUT2D eigenvalue weighted by molar-refractivity contribution is -0.122. The van der Waals surface area contributed by atoms with Crippen molar-refractivity contribution in [3.05, 3.63) is 83.4 Å². The van der Waals surface area contributed by atoms with Crippen LogP contribution in [0, 0.1) is 6.92 Å². The zero-order chi connectivity index (χ0) is 21.7. The summed E-state index contributed by atoms with van der Waals surface area (Å²) in [6, 6.07) is 19.7. The van der Waals surface area contributed by atoms with Crippen LogP contribution in [0.2, 0.25) is 5.02 Å². The number of nitrogens with one attached hydrogen (secondary N) is 2. The maximum atomic E-state index is 12.5. The number of aryl methyl sites for hydroxylation is 1. The van der Waals surface area contributed by atoms with Crippen molar-refractivity contribution < 1.29 is 17.9 Å². The van der Waals surface area contributed by atoms with Gasteiger partial charge in [-0.25, -0.2) is 8.42 Å². The van der Waals surface area contributed by atoms with Crippen LogP contribution in [0.4, 0.5) is 11.4 Å². The van der Waals surface area contributed by atoms with Crippen LogP contribution in [0.25, 0.3) is 0 Å². The summed E-state index contributed by atoms with van der Waals surface area (Å²) in [4.78, 5) is 12.4. The van der Waals surface area contributed by atoms with E-state index in [0.717, 1.165) is 5.56 Å². The minimum Gasteiger partial charge on any atom is -0.481 e. The first-order valence-electron chi connectivity index (χ1n) is 9.15. The number of carbonyl (C=O) groups excluding carboxylic acids is 1. The summed E-state index contributed by atoms with van der Waals surface area (Å²) in [6.07, 6.45) is -0.722. The molecule has 0 heterocycles. The minimum absolute atomic E-state index is 0.0597. The van der Waals surface area contributed by atoms with Gasteiger partial charge in [0.2, 0.25) is 0 Å². The zero-order valence-electron chi connectivity index (χ0n) is 16.4. The highest BCUT2D eigenvalue weighted by molar-refractivity contribution is 7.92. The lowest BCUT2D eigenvalue weighted by atomic mass is 10.2. The van der Waals surface area contributed by atoms with Crippen LogP contribution in [0.15, 0.2) is 77.7 Å². The smallest absolute Gasteiger partial charge is 0.265 e. The summed E-state index contributed by atoms with van der Waals surface area (Å²) < 4.78 is 33.1. The molecule has 6 nitrogen and oxygen atoms in total. The van der Waals surface area contributed by atoms with E-state index in [0.29, 0.717) is 22.1 Å².